The maximum atomic E-state index is 13.2. The van der Waals surface area contributed by atoms with Crippen LogP contribution in [0.3, 0.4) is 0 Å². The zero-order valence-corrected chi connectivity index (χ0v) is 10.8. The van der Waals surface area contributed by atoms with Gasteiger partial charge in [0.25, 0.3) is 0 Å². The van der Waals surface area contributed by atoms with Gasteiger partial charge in [-0.15, -0.1) is 0 Å². The maximum absolute atomic E-state index is 13.2. The van der Waals surface area contributed by atoms with Gasteiger partial charge in [0, 0.05) is 36.5 Å². The van der Waals surface area contributed by atoms with Crippen molar-refractivity contribution in [2.45, 2.75) is 11.3 Å². The third kappa shape index (κ3) is 2.76. The smallest absolute Gasteiger partial charge is 0.147 e. The Bertz CT molecular complexity index is 582. The number of nitrogen functional groups attached to an aromatic ring is 1. The molecule has 18 heavy (non-hydrogen) atoms. The lowest BCUT2D eigenvalue weighted by Crippen LogP contribution is -2.06. The first-order valence-corrected chi connectivity index (χ1v) is 6.79. The lowest BCUT2D eigenvalue weighted by molar-refractivity contribution is 0.627. The van der Waals surface area contributed by atoms with Crippen molar-refractivity contribution < 1.29 is 8.60 Å². The summed E-state index contributed by atoms with van der Waals surface area (Å²) >= 11 is 0. The van der Waals surface area contributed by atoms with Crippen molar-refractivity contribution >= 4 is 16.5 Å². The Morgan fingerprint density at radius 3 is 2.89 bits per heavy atom. The molecule has 1 unspecified atom stereocenters. The van der Waals surface area contributed by atoms with Crippen molar-refractivity contribution in [2.24, 2.45) is 7.05 Å². The van der Waals surface area contributed by atoms with Gasteiger partial charge in [-0.05, 0) is 18.2 Å². The SMILES string of the molecule is Cn1ccnc1CCS(=O)c1ccc(N)c(F)c1. The molecule has 0 amide bonds. The van der Waals surface area contributed by atoms with Gasteiger partial charge >= 0.3 is 0 Å². The third-order valence-corrected chi connectivity index (χ3v) is 4.02. The van der Waals surface area contributed by atoms with Crippen LogP contribution in [0, 0.1) is 5.82 Å². The van der Waals surface area contributed by atoms with Crippen LogP contribution in [0.2, 0.25) is 0 Å². The largest absolute Gasteiger partial charge is 0.396 e. The summed E-state index contributed by atoms with van der Waals surface area (Å²) in [7, 11) is 0.639. The molecule has 0 aliphatic rings. The lowest BCUT2D eigenvalue weighted by Gasteiger charge is -2.04. The van der Waals surface area contributed by atoms with Gasteiger partial charge in [-0.1, -0.05) is 0 Å². The fraction of sp³-hybridized carbons (Fsp3) is 0.250. The maximum Gasteiger partial charge on any atom is 0.147 e. The number of rotatable bonds is 4. The van der Waals surface area contributed by atoms with Crippen molar-refractivity contribution in [3.8, 4) is 0 Å². The molecule has 4 nitrogen and oxygen atoms in total. The first-order chi connectivity index (χ1) is 8.58. The summed E-state index contributed by atoms with van der Waals surface area (Å²) in [6.45, 7) is 0. The molecular formula is C12H14FN3OS. The van der Waals surface area contributed by atoms with Crippen molar-refractivity contribution in [3.63, 3.8) is 0 Å². The Morgan fingerprint density at radius 1 is 1.50 bits per heavy atom. The van der Waals surface area contributed by atoms with Crippen molar-refractivity contribution in [1.82, 2.24) is 9.55 Å². The number of benzene rings is 1. The summed E-state index contributed by atoms with van der Waals surface area (Å²) in [5, 5.41) is 0. The van der Waals surface area contributed by atoms with Gasteiger partial charge in [0.2, 0.25) is 0 Å². The second kappa shape index (κ2) is 5.30. The summed E-state index contributed by atoms with van der Waals surface area (Å²) in [6.07, 6.45) is 4.12. The highest BCUT2D eigenvalue weighted by atomic mass is 32.2. The zero-order chi connectivity index (χ0) is 13.1. The van der Waals surface area contributed by atoms with E-state index in [1.54, 1.807) is 12.3 Å². The monoisotopic (exact) mass is 267 g/mol. The third-order valence-electron chi connectivity index (χ3n) is 2.67. The standard InChI is InChI=1S/C12H14FN3OS/c1-16-6-5-15-12(16)4-7-18(17)9-2-3-11(14)10(13)8-9/h2-3,5-6,8H,4,7,14H2,1H3. The normalized spacial score (nSPS) is 12.6. The number of halogens is 1. The number of nitrogens with zero attached hydrogens (tertiary/aromatic N) is 2. The van der Waals surface area contributed by atoms with Gasteiger partial charge in [0.15, 0.2) is 0 Å². The van der Waals surface area contributed by atoms with Crippen LogP contribution in [0.25, 0.3) is 0 Å². The van der Waals surface area contributed by atoms with Crippen molar-refractivity contribution in [2.75, 3.05) is 11.5 Å². The minimum absolute atomic E-state index is 0.0693. The Balaban J connectivity index is 2.04. The Labute approximate surface area is 107 Å². The molecule has 1 aromatic carbocycles. The Kier molecular flexibility index (Phi) is 3.76. The van der Waals surface area contributed by atoms with Crippen LogP contribution in [0.4, 0.5) is 10.1 Å². The van der Waals surface area contributed by atoms with E-state index in [-0.39, 0.29) is 5.69 Å². The Hall–Kier alpha value is -1.69. The summed E-state index contributed by atoms with van der Waals surface area (Å²) in [5.41, 5.74) is 5.44. The van der Waals surface area contributed by atoms with E-state index in [9.17, 15) is 8.60 Å². The summed E-state index contributed by atoms with van der Waals surface area (Å²) in [6, 6.07) is 4.25. The number of imidazole rings is 1. The fourth-order valence-electron chi connectivity index (χ4n) is 1.59. The predicted octanol–water partition coefficient (Wildman–Crippen LogP) is 1.49. The molecule has 0 fully saturated rings. The molecule has 2 N–H and O–H groups in total. The average molecular weight is 267 g/mol. The number of nitrogens with two attached hydrogens (primary N) is 1. The molecule has 1 aromatic heterocycles. The minimum atomic E-state index is -1.24. The van der Waals surface area contributed by atoms with E-state index in [2.05, 4.69) is 4.98 Å². The first kappa shape index (κ1) is 12.8. The van der Waals surface area contributed by atoms with E-state index in [0.29, 0.717) is 17.1 Å². The molecular weight excluding hydrogens is 253 g/mol. The van der Waals surface area contributed by atoms with Gasteiger partial charge in [-0.3, -0.25) is 4.21 Å². The van der Waals surface area contributed by atoms with Crippen LogP contribution in [0.5, 0.6) is 0 Å². The molecule has 2 aromatic rings. The highest BCUT2D eigenvalue weighted by molar-refractivity contribution is 7.85. The molecule has 1 atom stereocenters. The molecule has 0 saturated carbocycles. The molecule has 2 rings (SSSR count). The van der Waals surface area contributed by atoms with Crippen LogP contribution in [0.1, 0.15) is 5.82 Å². The molecule has 0 bridgehead atoms. The minimum Gasteiger partial charge on any atom is -0.396 e. The van der Waals surface area contributed by atoms with E-state index in [1.165, 1.54) is 12.1 Å². The van der Waals surface area contributed by atoms with Gasteiger partial charge < -0.3 is 10.3 Å². The average Bonchev–Trinajstić information content (AvgIpc) is 2.75. The quantitative estimate of drug-likeness (QED) is 0.854. The summed E-state index contributed by atoms with van der Waals surface area (Å²) in [5.74, 6) is 0.742. The predicted molar refractivity (Wildman–Crippen MR) is 69.0 cm³/mol. The molecule has 0 aliphatic heterocycles. The van der Waals surface area contributed by atoms with Crippen LogP contribution < -0.4 is 5.73 Å². The number of aryl methyl sites for hydroxylation is 2. The second-order valence-electron chi connectivity index (χ2n) is 3.94. The van der Waals surface area contributed by atoms with Crippen LogP contribution in [-0.2, 0) is 24.3 Å². The highest BCUT2D eigenvalue weighted by Gasteiger charge is 2.09. The molecule has 1 heterocycles. The van der Waals surface area contributed by atoms with E-state index < -0.39 is 16.6 Å². The van der Waals surface area contributed by atoms with E-state index in [1.807, 2.05) is 17.8 Å². The van der Waals surface area contributed by atoms with Gasteiger partial charge in [-0.2, -0.15) is 0 Å². The topological polar surface area (TPSA) is 60.9 Å². The van der Waals surface area contributed by atoms with Gasteiger partial charge in [0.05, 0.1) is 16.5 Å². The highest BCUT2D eigenvalue weighted by Crippen LogP contribution is 2.15. The number of hydrogen-bond donors (Lipinski definition) is 1. The fourth-order valence-corrected chi connectivity index (χ4v) is 2.65. The summed E-state index contributed by atoms with van der Waals surface area (Å²) < 4.78 is 27.1. The lowest BCUT2D eigenvalue weighted by atomic mass is 10.3. The molecule has 0 saturated heterocycles. The molecule has 96 valence electrons. The summed E-state index contributed by atoms with van der Waals surface area (Å²) in [4.78, 5) is 4.60. The molecule has 0 aliphatic carbocycles. The molecule has 0 spiro atoms. The van der Waals surface area contributed by atoms with Crippen molar-refractivity contribution in [1.29, 1.82) is 0 Å². The molecule has 6 heteroatoms. The number of aromatic nitrogens is 2. The second-order valence-corrected chi connectivity index (χ2v) is 5.51. The van der Waals surface area contributed by atoms with Crippen LogP contribution >= 0.6 is 0 Å². The number of anilines is 1. The van der Waals surface area contributed by atoms with E-state index in [0.717, 1.165) is 5.82 Å². The van der Waals surface area contributed by atoms with E-state index in [4.69, 9.17) is 5.73 Å². The van der Waals surface area contributed by atoms with Gasteiger partial charge in [-0.25, -0.2) is 9.37 Å². The zero-order valence-electron chi connectivity index (χ0n) is 9.97. The van der Waals surface area contributed by atoms with E-state index >= 15 is 0 Å². The van der Waals surface area contributed by atoms with Crippen LogP contribution in [-0.4, -0.2) is 19.5 Å². The molecule has 0 radical (unpaired) electrons. The number of hydrogen-bond acceptors (Lipinski definition) is 3. The van der Waals surface area contributed by atoms with Gasteiger partial charge in [0.1, 0.15) is 11.6 Å². The Morgan fingerprint density at radius 2 is 2.28 bits per heavy atom. The van der Waals surface area contributed by atoms with Crippen LogP contribution in [0.15, 0.2) is 35.5 Å². The first-order valence-electron chi connectivity index (χ1n) is 5.47. The van der Waals surface area contributed by atoms with Crippen molar-refractivity contribution in [3.05, 3.63) is 42.2 Å².